The Balaban J connectivity index is 1.69. The van der Waals surface area contributed by atoms with E-state index in [4.69, 9.17) is 9.15 Å². The average molecular weight is 363 g/mol. The first-order valence-corrected chi connectivity index (χ1v) is 9.07. The van der Waals surface area contributed by atoms with E-state index in [1.54, 1.807) is 17.9 Å². The number of hydrogen-bond acceptors (Lipinski definition) is 4. The molecule has 27 heavy (non-hydrogen) atoms. The molecule has 1 amide bonds. The van der Waals surface area contributed by atoms with Crippen LogP contribution in [0, 0.1) is 6.92 Å². The molecule has 3 aromatic rings. The molecule has 0 spiro atoms. The van der Waals surface area contributed by atoms with Gasteiger partial charge in [0, 0.05) is 43.0 Å². The van der Waals surface area contributed by atoms with Crippen LogP contribution in [0.1, 0.15) is 18.9 Å². The van der Waals surface area contributed by atoms with Crippen molar-refractivity contribution in [3.8, 4) is 16.9 Å². The number of nitrogens with zero attached hydrogens (tertiary/aromatic N) is 1. The first-order valence-electron chi connectivity index (χ1n) is 9.07. The van der Waals surface area contributed by atoms with Gasteiger partial charge in [-0.2, -0.15) is 0 Å². The molecule has 138 valence electrons. The number of likely N-dealkylation sites (tertiary alicyclic amines) is 1. The van der Waals surface area contributed by atoms with Gasteiger partial charge in [0.15, 0.2) is 0 Å². The van der Waals surface area contributed by atoms with E-state index in [1.807, 2.05) is 43.3 Å². The molecular weight excluding hydrogens is 342 g/mol. The highest BCUT2D eigenvalue weighted by Crippen LogP contribution is 2.32. The van der Waals surface area contributed by atoms with Crippen molar-refractivity contribution in [2.45, 2.75) is 26.4 Å². The van der Waals surface area contributed by atoms with E-state index in [9.17, 15) is 9.59 Å². The number of hydrogen-bond donors (Lipinski definition) is 0. The molecule has 4 rings (SSSR count). The first kappa shape index (κ1) is 17.3. The number of fused-ring (bicyclic) bond motifs is 1. The van der Waals surface area contributed by atoms with Crippen LogP contribution >= 0.6 is 0 Å². The molecule has 0 unspecified atom stereocenters. The van der Waals surface area contributed by atoms with E-state index >= 15 is 0 Å². The van der Waals surface area contributed by atoms with E-state index in [0.29, 0.717) is 24.4 Å². The quantitative estimate of drug-likeness (QED) is 0.665. The maximum Gasteiger partial charge on any atom is 0.336 e. The van der Waals surface area contributed by atoms with Gasteiger partial charge in [-0.25, -0.2) is 4.79 Å². The minimum Gasteiger partial charge on any atom is -0.488 e. The maximum absolute atomic E-state index is 12.1. The van der Waals surface area contributed by atoms with E-state index in [-0.39, 0.29) is 17.6 Å². The summed E-state index contributed by atoms with van der Waals surface area (Å²) in [6.07, 6.45) is 0.753. The largest absolute Gasteiger partial charge is 0.488 e. The zero-order valence-electron chi connectivity index (χ0n) is 15.4. The van der Waals surface area contributed by atoms with Crippen LogP contribution in [0.25, 0.3) is 22.1 Å². The van der Waals surface area contributed by atoms with Gasteiger partial charge in [-0.05, 0) is 30.2 Å². The van der Waals surface area contributed by atoms with E-state index in [1.165, 1.54) is 6.07 Å². The number of carbonyl (C=O) groups is 1. The van der Waals surface area contributed by atoms with Crippen molar-refractivity contribution in [3.63, 3.8) is 0 Å². The van der Waals surface area contributed by atoms with Gasteiger partial charge in [-0.15, -0.1) is 0 Å². The minimum atomic E-state index is -0.387. The molecule has 1 aliphatic rings. The molecule has 1 fully saturated rings. The second-order valence-corrected chi connectivity index (χ2v) is 6.95. The molecule has 1 aromatic heterocycles. The van der Waals surface area contributed by atoms with Gasteiger partial charge >= 0.3 is 5.63 Å². The number of benzene rings is 2. The number of aryl methyl sites for hydroxylation is 1. The lowest BCUT2D eigenvalue weighted by atomic mass is 9.98. The van der Waals surface area contributed by atoms with Crippen LogP contribution in [0.5, 0.6) is 5.75 Å². The average Bonchev–Trinajstić information content (AvgIpc) is 3.10. The number of carbonyl (C=O) groups excluding carboxylic acids is 1. The second kappa shape index (κ2) is 6.91. The van der Waals surface area contributed by atoms with E-state index in [2.05, 4.69) is 0 Å². The van der Waals surface area contributed by atoms with Gasteiger partial charge in [-0.3, -0.25) is 4.79 Å². The van der Waals surface area contributed by atoms with Gasteiger partial charge in [0.05, 0.1) is 6.54 Å². The van der Waals surface area contributed by atoms with Gasteiger partial charge in [-0.1, -0.05) is 24.3 Å². The number of ether oxygens (including phenoxy) is 1. The minimum absolute atomic E-state index is 0.0439. The number of rotatable bonds is 3. The van der Waals surface area contributed by atoms with Crippen LogP contribution in [0.4, 0.5) is 0 Å². The van der Waals surface area contributed by atoms with Crippen LogP contribution in [0.15, 0.2) is 57.7 Å². The Morgan fingerprint density at radius 1 is 1.15 bits per heavy atom. The van der Waals surface area contributed by atoms with Crippen LogP contribution in [0.3, 0.4) is 0 Å². The van der Waals surface area contributed by atoms with Crippen molar-refractivity contribution >= 4 is 16.9 Å². The Labute approximate surface area is 157 Å². The summed E-state index contributed by atoms with van der Waals surface area (Å²) >= 11 is 0. The van der Waals surface area contributed by atoms with Crippen molar-refractivity contribution in [1.82, 2.24) is 4.90 Å². The molecule has 2 heterocycles. The second-order valence-electron chi connectivity index (χ2n) is 6.95. The molecule has 0 radical (unpaired) electrons. The standard InChI is InChI=1S/C22H21NO4/c1-14-5-3-4-6-18(14)20-12-22(25)27-21-11-16(7-8-19(20)21)26-17-9-10-23(13-17)15(2)24/h3-8,11-12,17H,9-10,13H2,1-2H3/t17-/m0/s1. The number of amides is 1. The summed E-state index contributed by atoms with van der Waals surface area (Å²) in [7, 11) is 0. The lowest BCUT2D eigenvalue weighted by molar-refractivity contribution is -0.128. The summed E-state index contributed by atoms with van der Waals surface area (Å²) in [6.45, 7) is 4.88. The summed E-state index contributed by atoms with van der Waals surface area (Å²) < 4.78 is 11.4. The summed E-state index contributed by atoms with van der Waals surface area (Å²) in [4.78, 5) is 25.4. The topological polar surface area (TPSA) is 59.8 Å². The summed E-state index contributed by atoms with van der Waals surface area (Å²) in [6, 6.07) is 15.1. The highest BCUT2D eigenvalue weighted by Gasteiger charge is 2.25. The summed E-state index contributed by atoms with van der Waals surface area (Å²) in [5.41, 5.74) is 3.08. The van der Waals surface area contributed by atoms with E-state index in [0.717, 1.165) is 28.5 Å². The van der Waals surface area contributed by atoms with Crippen molar-refractivity contribution in [2.24, 2.45) is 0 Å². The predicted molar refractivity (Wildman–Crippen MR) is 104 cm³/mol. The lowest BCUT2D eigenvalue weighted by Crippen LogP contribution is -2.28. The van der Waals surface area contributed by atoms with Crippen LogP contribution < -0.4 is 10.4 Å². The predicted octanol–water partition coefficient (Wildman–Crippen LogP) is 3.77. The van der Waals surface area contributed by atoms with Gasteiger partial charge in [0.25, 0.3) is 0 Å². The van der Waals surface area contributed by atoms with Crippen LogP contribution in [-0.2, 0) is 4.79 Å². The highest BCUT2D eigenvalue weighted by atomic mass is 16.5. The van der Waals surface area contributed by atoms with Crippen molar-refractivity contribution in [2.75, 3.05) is 13.1 Å². The van der Waals surface area contributed by atoms with Gasteiger partial charge < -0.3 is 14.1 Å². The van der Waals surface area contributed by atoms with Crippen molar-refractivity contribution in [1.29, 1.82) is 0 Å². The molecule has 2 aromatic carbocycles. The molecule has 1 saturated heterocycles. The molecule has 5 heteroatoms. The Morgan fingerprint density at radius 2 is 1.96 bits per heavy atom. The molecular formula is C22H21NO4. The molecule has 0 N–H and O–H groups in total. The zero-order chi connectivity index (χ0) is 19.0. The smallest absolute Gasteiger partial charge is 0.336 e. The Morgan fingerprint density at radius 3 is 2.70 bits per heavy atom. The molecule has 1 atom stereocenters. The highest BCUT2D eigenvalue weighted by molar-refractivity contribution is 5.94. The summed E-state index contributed by atoms with van der Waals surface area (Å²) in [5, 5.41) is 0.869. The third kappa shape index (κ3) is 3.45. The van der Waals surface area contributed by atoms with Gasteiger partial charge in [0.1, 0.15) is 17.4 Å². The fraction of sp³-hybridized carbons (Fsp3) is 0.273. The molecule has 0 bridgehead atoms. The van der Waals surface area contributed by atoms with Gasteiger partial charge in [0.2, 0.25) is 5.91 Å². The molecule has 5 nitrogen and oxygen atoms in total. The fourth-order valence-electron chi connectivity index (χ4n) is 3.62. The Bertz CT molecular complexity index is 1070. The lowest BCUT2D eigenvalue weighted by Gasteiger charge is -2.16. The Kier molecular flexibility index (Phi) is 4.44. The van der Waals surface area contributed by atoms with E-state index < -0.39 is 0 Å². The van der Waals surface area contributed by atoms with Crippen LogP contribution in [-0.4, -0.2) is 30.0 Å². The summed E-state index contributed by atoms with van der Waals surface area (Å²) in [5.74, 6) is 0.705. The molecule has 0 saturated carbocycles. The monoisotopic (exact) mass is 363 g/mol. The SMILES string of the molecule is CC(=O)N1CC[C@H](Oc2ccc3c(-c4ccccc4C)cc(=O)oc3c2)C1. The maximum atomic E-state index is 12.1. The normalized spacial score (nSPS) is 16.7. The zero-order valence-corrected chi connectivity index (χ0v) is 15.4. The third-order valence-corrected chi connectivity index (χ3v) is 5.04. The van der Waals surface area contributed by atoms with Crippen molar-refractivity contribution < 1.29 is 13.9 Å². The Hall–Kier alpha value is -3.08. The third-order valence-electron chi connectivity index (χ3n) is 5.04. The fourth-order valence-corrected chi connectivity index (χ4v) is 3.62. The molecule has 0 aliphatic carbocycles. The first-order chi connectivity index (χ1) is 13.0. The van der Waals surface area contributed by atoms with Crippen molar-refractivity contribution in [3.05, 3.63) is 64.5 Å². The molecule has 1 aliphatic heterocycles. The van der Waals surface area contributed by atoms with Crippen LogP contribution in [0.2, 0.25) is 0 Å².